The summed E-state index contributed by atoms with van der Waals surface area (Å²) in [5.74, 6) is -0.184. The fourth-order valence-electron chi connectivity index (χ4n) is 2.20. The number of thioether (sulfide) groups is 1. The van der Waals surface area contributed by atoms with Crippen molar-refractivity contribution in [2.24, 2.45) is 0 Å². The van der Waals surface area contributed by atoms with Crippen LogP contribution in [0.25, 0.3) is 6.08 Å². The van der Waals surface area contributed by atoms with E-state index < -0.39 is 11.1 Å². The number of halogens is 1. The second-order valence-corrected chi connectivity index (χ2v) is 7.21. The van der Waals surface area contributed by atoms with Crippen LogP contribution >= 0.6 is 27.7 Å². The highest BCUT2D eigenvalue weighted by atomic mass is 79.9. The molecule has 1 aliphatic heterocycles. The molecule has 1 fully saturated rings. The summed E-state index contributed by atoms with van der Waals surface area (Å²) in [6.07, 6.45) is 2.28. The average Bonchev–Trinajstić information content (AvgIpc) is 2.86. The molecule has 0 saturated carbocycles. The number of amides is 3. The van der Waals surface area contributed by atoms with Gasteiger partial charge in [-0.3, -0.25) is 19.3 Å². The zero-order valence-electron chi connectivity index (χ0n) is 14.4. The third-order valence-corrected chi connectivity index (χ3v) is 5.02. The van der Waals surface area contributed by atoms with Gasteiger partial charge in [-0.1, -0.05) is 6.07 Å². The third-order valence-electron chi connectivity index (χ3n) is 3.50. The third kappa shape index (κ3) is 5.33. The molecule has 0 aliphatic carbocycles. The van der Waals surface area contributed by atoms with Gasteiger partial charge in [0.2, 0.25) is 5.91 Å². The van der Waals surface area contributed by atoms with Crippen LogP contribution < -0.4 is 10.1 Å². The average molecular weight is 443 g/mol. The molecule has 1 N–H and O–H groups in total. The van der Waals surface area contributed by atoms with Crippen molar-refractivity contribution in [3.05, 3.63) is 33.1 Å². The van der Waals surface area contributed by atoms with E-state index in [-0.39, 0.29) is 17.4 Å². The molecule has 2 rings (SSSR count). The van der Waals surface area contributed by atoms with Gasteiger partial charge in [0.15, 0.2) is 0 Å². The molecule has 7 nitrogen and oxygen atoms in total. The Hall–Kier alpha value is -1.84. The maximum absolute atomic E-state index is 12.4. The molecule has 9 heteroatoms. The predicted octanol–water partition coefficient (Wildman–Crippen LogP) is 2.65. The summed E-state index contributed by atoms with van der Waals surface area (Å²) in [6, 6.07) is 5.32. The minimum atomic E-state index is -0.473. The van der Waals surface area contributed by atoms with Crippen LogP contribution in [0.1, 0.15) is 12.0 Å². The molecule has 1 aromatic carbocycles. The summed E-state index contributed by atoms with van der Waals surface area (Å²) in [6.45, 7) is 0.669. The number of hydrogen-bond donors (Lipinski definition) is 1. The zero-order valence-corrected chi connectivity index (χ0v) is 16.8. The Morgan fingerprint density at radius 3 is 2.77 bits per heavy atom. The molecule has 140 valence electrons. The summed E-state index contributed by atoms with van der Waals surface area (Å²) in [4.78, 5) is 37.6. The lowest BCUT2D eigenvalue weighted by atomic mass is 10.2. The molecule has 1 aromatic rings. The van der Waals surface area contributed by atoms with Crippen LogP contribution in [0.5, 0.6) is 5.75 Å². The smallest absolute Gasteiger partial charge is 0.294 e. The van der Waals surface area contributed by atoms with Gasteiger partial charge in [0, 0.05) is 20.3 Å². The van der Waals surface area contributed by atoms with Crippen molar-refractivity contribution in [3.63, 3.8) is 0 Å². The van der Waals surface area contributed by atoms with Gasteiger partial charge >= 0.3 is 0 Å². The van der Waals surface area contributed by atoms with E-state index in [9.17, 15) is 14.4 Å². The van der Waals surface area contributed by atoms with Crippen molar-refractivity contribution in [1.82, 2.24) is 10.2 Å². The topological polar surface area (TPSA) is 84.9 Å². The minimum Gasteiger partial charge on any atom is -0.496 e. The fourth-order valence-corrected chi connectivity index (χ4v) is 3.60. The Morgan fingerprint density at radius 2 is 2.12 bits per heavy atom. The molecule has 0 aromatic heterocycles. The van der Waals surface area contributed by atoms with E-state index in [4.69, 9.17) is 9.47 Å². The van der Waals surface area contributed by atoms with Crippen molar-refractivity contribution >= 4 is 50.8 Å². The number of rotatable bonds is 8. The lowest BCUT2D eigenvalue weighted by Gasteiger charge is -2.12. The standard InChI is InChI=1S/C17H19BrN2O5S/c1-24-7-3-6-19-15(21)10-20-16(22)14(26-17(20)23)9-11-4-5-13(25-2)12(18)8-11/h4-5,8-9H,3,6-7,10H2,1-2H3,(H,19,21)/b14-9-. The molecule has 0 unspecified atom stereocenters. The molecule has 1 saturated heterocycles. The van der Waals surface area contributed by atoms with Gasteiger partial charge in [0.1, 0.15) is 12.3 Å². The maximum atomic E-state index is 12.4. The monoisotopic (exact) mass is 442 g/mol. The highest BCUT2D eigenvalue weighted by Gasteiger charge is 2.36. The summed E-state index contributed by atoms with van der Waals surface area (Å²) in [5, 5.41) is 2.20. The number of benzene rings is 1. The van der Waals surface area contributed by atoms with Crippen LogP contribution in [0, 0.1) is 0 Å². The Kier molecular flexibility index (Phi) is 7.67. The van der Waals surface area contributed by atoms with Crippen molar-refractivity contribution in [3.8, 4) is 5.75 Å². The molecule has 0 spiro atoms. The maximum Gasteiger partial charge on any atom is 0.294 e. The zero-order chi connectivity index (χ0) is 19.1. The second-order valence-electron chi connectivity index (χ2n) is 5.36. The van der Waals surface area contributed by atoms with Gasteiger partial charge in [-0.2, -0.15) is 0 Å². The SMILES string of the molecule is COCCCNC(=O)CN1C(=O)S/C(=C\c2ccc(OC)c(Br)c2)C1=O. The number of carbonyl (C=O) groups excluding carboxylic acids is 3. The summed E-state index contributed by atoms with van der Waals surface area (Å²) in [5.41, 5.74) is 0.743. The number of nitrogens with zero attached hydrogens (tertiary/aromatic N) is 1. The summed E-state index contributed by atoms with van der Waals surface area (Å²) < 4.78 is 10.8. The normalized spacial score (nSPS) is 15.7. The van der Waals surface area contributed by atoms with E-state index in [0.717, 1.165) is 26.7 Å². The van der Waals surface area contributed by atoms with E-state index in [2.05, 4.69) is 21.2 Å². The second kappa shape index (κ2) is 9.75. The number of imide groups is 1. The van der Waals surface area contributed by atoms with E-state index in [1.165, 1.54) is 0 Å². The lowest BCUT2D eigenvalue weighted by molar-refractivity contribution is -0.129. The van der Waals surface area contributed by atoms with Crippen LogP contribution in [-0.2, 0) is 14.3 Å². The van der Waals surface area contributed by atoms with Crippen LogP contribution in [-0.4, -0.2) is 55.9 Å². The van der Waals surface area contributed by atoms with Gasteiger partial charge in [0.05, 0.1) is 16.5 Å². The van der Waals surface area contributed by atoms with E-state index in [1.54, 1.807) is 38.5 Å². The number of hydrogen-bond acceptors (Lipinski definition) is 6. The molecule has 0 bridgehead atoms. The molecular formula is C17H19BrN2O5S. The quantitative estimate of drug-likeness (QED) is 0.491. The van der Waals surface area contributed by atoms with E-state index in [1.807, 2.05) is 0 Å². The van der Waals surface area contributed by atoms with Crippen LogP contribution in [0.3, 0.4) is 0 Å². The largest absolute Gasteiger partial charge is 0.496 e. The van der Waals surface area contributed by atoms with Crippen LogP contribution in [0.4, 0.5) is 4.79 Å². The highest BCUT2D eigenvalue weighted by molar-refractivity contribution is 9.10. The number of ether oxygens (including phenoxy) is 2. The van der Waals surface area contributed by atoms with Gasteiger partial charge in [-0.05, 0) is 57.9 Å². The molecule has 1 aliphatic rings. The van der Waals surface area contributed by atoms with Gasteiger partial charge in [-0.25, -0.2) is 0 Å². The van der Waals surface area contributed by atoms with E-state index >= 15 is 0 Å². The molecule has 0 radical (unpaired) electrons. The summed E-state index contributed by atoms with van der Waals surface area (Å²) in [7, 11) is 3.14. The van der Waals surface area contributed by atoms with Crippen molar-refractivity contribution in [2.75, 3.05) is 33.9 Å². The number of methoxy groups -OCH3 is 2. The molecule has 1 heterocycles. The Balaban J connectivity index is 2.01. The molecule has 3 amide bonds. The Labute approximate surface area is 164 Å². The molecule has 0 atom stereocenters. The van der Waals surface area contributed by atoms with Crippen molar-refractivity contribution in [1.29, 1.82) is 0 Å². The first kappa shape index (κ1) is 20.5. The first-order valence-electron chi connectivity index (χ1n) is 7.80. The van der Waals surface area contributed by atoms with E-state index in [0.29, 0.717) is 25.3 Å². The summed E-state index contributed by atoms with van der Waals surface area (Å²) >= 11 is 4.20. The van der Waals surface area contributed by atoms with Crippen molar-refractivity contribution < 1.29 is 23.9 Å². The van der Waals surface area contributed by atoms with Crippen LogP contribution in [0.2, 0.25) is 0 Å². The van der Waals surface area contributed by atoms with Crippen LogP contribution in [0.15, 0.2) is 27.6 Å². The Morgan fingerprint density at radius 1 is 1.35 bits per heavy atom. The Bertz CT molecular complexity index is 738. The predicted molar refractivity (Wildman–Crippen MR) is 103 cm³/mol. The van der Waals surface area contributed by atoms with Gasteiger partial charge < -0.3 is 14.8 Å². The minimum absolute atomic E-state index is 0.277. The number of carbonyl (C=O) groups is 3. The number of nitrogens with one attached hydrogen (secondary N) is 1. The first-order valence-corrected chi connectivity index (χ1v) is 9.41. The molecule has 26 heavy (non-hydrogen) atoms. The molecular weight excluding hydrogens is 424 g/mol. The highest BCUT2D eigenvalue weighted by Crippen LogP contribution is 2.33. The lowest BCUT2D eigenvalue weighted by Crippen LogP contribution is -2.39. The van der Waals surface area contributed by atoms with Crippen molar-refractivity contribution in [2.45, 2.75) is 6.42 Å². The van der Waals surface area contributed by atoms with Gasteiger partial charge in [0.25, 0.3) is 11.1 Å². The fraction of sp³-hybridized carbons (Fsp3) is 0.353. The first-order chi connectivity index (χ1) is 12.5. The van der Waals surface area contributed by atoms with Gasteiger partial charge in [-0.15, -0.1) is 0 Å².